The Bertz CT molecular complexity index is 2460. The lowest BCUT2D eigenvalue weighted by Crippen LogP contribution is -1.95. The predicted octanol–water partition coefficient (Wildman–Crippen LogP) is 10.4. The number of pyridine rings is 2. The number of aromatic nitrogens is 3. The second kappa shape index (κ2) is 9.10. The van der Waals surface area contributed by atoms with Crippen molar-refractivity contribution in [3.8, 4) is 28.1 Å². The van der Waals surface area contributed by atoms with Crippen molar-refractivity contribution < 1.29 is 0 Å². The maximum atomic E-state index is 4.94. The summed E-state index contributed by atoms with van der Waals surface area (Å²) in [6.07, 6.45) is 5.82. The van der Waals surface area contributed by atoms with E-state index in [4.69, 9.17) is 4.98 Å². The molecule has 4 heteroatoms. The van der Waals surface area contributed by atoms with E-state index < -0.39 is 0 Å². The molecule has 0 aliphatic heterocycles. The Labute approximate surface area is 246 Å². The molecule has 0 bridgehead atoms. The Hall–Kier alpha value is -5.32. The van der Waals surface area contributed by atoms with Crippen molar-refractivity contribution in [3.63, 3.8) is 0 Å². The standard InChI is InChI=1S/C38H23N3S/c1-2-8-28-24(6-1)7-5-10-29(28)25-12-15-27(16-13-25)41-35-18-19-39-22-32(35)33-23-40-34(21-36(33)41)26-14-17-31-30-9-3-4-11-37(30)42-38(31)20-26/h1-23H. The summed E-state index contributed by atoms with van der Waals surface area (Å²) in [7, 11) is 0. The number of rotatable bonds is 3. The van der Waals surface area contributed by atoms with Crippen LogP contribution in [0, 0.1) is 0 Å². The van der Waals surface area contributed by atoms with Crippen LogP contribution in [-0.4, -0.2) is 14.5 Å². The maximum absolute atomic E-state index is 4.94. The zero-order valence-corrected chi connectivity index (χ0v) is 23.3. The molecule has 0 N–H and O–H groups in total. The van der Waals surface area contributed by atoms with Gasteiger partial charge >= 0.3 is 0 Å². The smallest absolute Gasteiger partial charge is 0.0723 e. The lowest BCUT2D eigenvalue weighted by molar-refractivity contribution is 1.17. The molecule has 0 saturated heterocycles. The van der Waals surface area contributed by atoms with E-state index in [1.807, 2.05) is 29.9 Å². The fraction of sp³-hybridized carbons (Fsp3) is 0. The van der Waals surface area contributed by atoms with Crippen molar-refractivity contribution in [1.82, 2.24) is 14.5 Å². The van der Waals surface area contributed by atoms with Gasteiger partial charge in [0.05, 0.1) is 16.7 Å². The van der Waals surface area contributed by atoms with Gasteiger partial charge in [-0.2, -0.15) is 0 Å². The third kappa shape index (κ3) is 3.52. The van der Waals surface area contributed by atoms with E-state index in [-0.39, 0.29) is 0 Å². The minimum Gasteiger partial charge on any atom is -0.309 e. The van der Waals surface area contributed by atoms with E-state index in [2.05, 4.69) is 131 Å². The van der Waals surface area contributed by atoms with Crippen molar-refractivity contribution in [1.29, 1.82) is 0 Å². The van der Waals surface area contributed by atoms with Crippen LogP contribution in [0.2, 0.25) is 0 Å². The first-order chi connectivity index (χ1) is 20.8. The molecule has 0 aliphatic carbocycles. The van der Waals surface area contributed by atoms with Crippen LogP contribution in [0.15, 0.2) is 140 Å². The fourth-order valence-electron chi connectivity index (χ4n) is 6.35. The SMILES string of the molecule is c1ccc2c(-c3ccc(-n4c5ccncc5c5cnc(-c6ccc7c(c6)sc6ccccc67)cc54)cc3)cccc2c1. The van der Waals surface area contributed by atoms with Crippen molar-refractivity contribution in [2.24, 2.45) is 0 Å². The third-order valence-electron chi connectivity index (χ3n) is 8.35. The molecule has 0 amide bonds. The number of nitrogens with zero attached hydrogens (tertiary/aromatic N) is 3. The van der Waals surface area contributed by atoms with Crippen LogP contribution in [0.25, 0.3) is 80.8 Å². The highest BCUT2D eigenvalue weighted by Crippen LogP contribution is 2.38. The average molecular weight is 554 g/mol. The zero-order chi connectivity index (χ0) is 27.6. The molecule has 0 aliphatic rings. The van der Waals surface area contributed by atoms with E-state index in [1.165, 1.54) is 42.1 Å². The molecule has 4 heterocycles. The molecule has 42 heavy (non-hydrogen) atoms. The molecular formula is C38H23N3S. The molecule has 4 aromatic heterocycles. The number of thiophene rings is 1. The topological polar surface area (TPSA) is 30.7 Å². The summed E-state index contributed by atoms with van der Waals surface area (Å²) in [5, 5.41) is 7.33. The number of benzene rings is 5. The highest BCUT2D eigenvalue weighted by atomic mass is 32.1. The monoisotopic (exact) mass is 553 g/mol. The van der Waals surface area contributed by atoms with Crippen molar-refractivity contribution in [2.45, 2.75) is 0 Å². The van der Waals surface area contributed by atoms with Crippen LogP contribution < -0.4 is 0 Å². The van der Waals surface area contributed by atoms with E-state index in [0.29, 0.717) is 0 Å². The first-order valence-corrected chi connectivity index (χ1v) is 14.9. The van der Waals surface area contributed by atoms with Gasteiger partial charge in [-0.15, -0.1) is 11.3 Å². The number of fused-ring (bicyclic) bond motifs is 7. The summed E-state index contributed by atoms with van der Waals surface area (Å²) in [4.78, 5) is 9.39. The van der Waals surface area contributed by atoms with E-state index in [9.17, 15) is 0 Å². The highest BCUT2D eigenvalue weighted by Gasteiger charge is 2.15. The third-order valence-corrected chi connectivity index (χ3v) is 9.49. The number of hydrogen-bond acceptors (Lipinski definition) is 3. The fourth-order valence-corrected chi connectivity index (χ4v) is 7.49. The van der Waals surface area contributed by atoms with Gasteiger partial charge < -0.3 is 4.57 Å². The Morgan fingerprint density at radius 2 is 1.29 bits per heavy atom. The predicted molar refractivity (Wildman–Crippen MR) is 178 cm³/mol. The molecule has 0 radical (unpaired) electrons. The van der Waals surface area contributed by atoms with Gasteiger partial charge in [0.1, 0.15) is 0 Å². The first-order valence-electron chi connectivity index (χ1n) is 14.1. The van der Waals surface area contributed by atoms with E-state index >= 15 is 0 Å². The second-order valence-electron chi connectivity index (χ2n) is 10.7. The minimum absolute atomic E-state index is 0.964. The highest BCUT2D eigenvalue weighted by molar-refractivity contribution is 7.25. The summed E-state index contributed by atoms with van der Waals surface area (Å²) in [6, 6.07) is 43.6. The van der Waals surface area contributed by atoms with Gasteiger partial charge in [0.2, 0.25) is 0 Å². The molecule has 9 aromatic rings. The van der Waals surface area contributed by atoms with E-state index in [1.54, 1.807) is 0 Å². The molecule has 0 unspecified atom stereocenters. The minimum atomic E-state index is 0.964. The summed E-state index contributed by atoms with van der Waals surface area (Å²) in [5.41, 5.74) is 7.89. The molecule has 196 valence electrons. The first kappa shape index (κ1) is 23.4. The molecule has 3 nitrogen and oxygen atoms in total. The van der Waals surface area contributed by atoms with Crippen LogP contribution in [0.5, 0.6) is 0 Å². The van der Waals surface area contributed by atoms with Crippen LogP contribution in [-0.2, 0) is 0 Å². The Balaban J connectivity index is 1.21. The summed E-state index contributed by atoms with van der Waals surface area (Å²) < 4.78 is 4.93. The quantitative estimate of drug-likeness (QED) is 0.218. The molecule has 9 rings (SSSR count). The van der Waals surface area contributed by atoms with Gasteiger partial charge in [-0.1, -0.05) is 84.9 Å². The molecule has 0 atom stereocenters. The molecular weight excluding hydrogens is 531 g/mol. The van der Waals surface area contributed by atoms with Gasteiger partial charge in [-0.25, -0.2) is 0 Å². The van der Waals surface area contributed by atoms with Crippen molar-refractivity contribution in [2.75, 3.05) is 0 Å². The zero-order valence-electron chi connectivity index (χ0n) is 22.5. The summed E-state index contributed by atoms with van der Waals surface area (Å²) in [6.45, 7) is 0. The van der Waals surface area contributed by atoms with Gasteiger partial charge in [-0.3, -0.25) is 9.97 Å². The number of hydrogen-bond donors (Lipinski definition) is 0. The Morgan fingerprint density at radius 3 is 2.21 bits per heavy atom. The molecule has 0 spiro atoms. The normalized spacial score (nSPS) is 11.8. The lowest BCUT2D eigenvalue weighted by atomic mass is 9.98. The Morgan fingerprint density at radius 1 is 0.524 bits per heavy atom. The summed E-state index contributed by atoms with van der Waals surface area (Å²) in [5.74, 6) is 0. The van der Waals surface area contributed by atoms with Crippen LogP contribution in [0.1, 0.15) is 0 Å². The molecule has 0 fully saturated rings. The van der Waals surface area contributed by atoms with Crippen LogP contribution in [0.4, 0.5) is 0 Å². The van der Waals surface area contributed by atoms with Gasteiger partial charge in [0, 0.05) is 60.8 Å². The van der Waals surface area contributed by atoms with E-state index in [0.717, 1.165) is 38.8 Å². The van der Waals surface area contributed by atoms with Gasteiger partial charge in [0.15, 0.2) is 0 Å². The molecule has 5 aromatic carbocycles. The maximum Gasteiger partial charge on any atom is 0.0723 e. The van der Waals surface area contributed by atoms with Crippen LogP contribution in [0.3, 0.4) is 0 Å². The lowest BCUT2D eigenvalue weighted by Gasteiger charge is -2.11. The Kier molecular flexibility index (Phi) is 5.07. The molecule has 0 saturated carbocycles. The average Bonchev–Trinajstić information content (AvgIpc) is 3.59. The second-order valence-corrected chi connectivity index (χ2v) is 11.8. The van der Waals surface area contributed by atoms with Crippen LogP contribution >= 0.6 is 11.3 Å². The van der Waals surface area contributed by atoms with Gasteiger partial charge in [0.25, 0.3) is 0 Å². The van der Waals surface area contributed by atoms with Crippen molar-refractivity contribution >= 4 is 64.1 Å². The van der Waals surface area contributed by atoms with Gasteiger partial charge in [-0.05, 0) is 58.3 Å². The summed E-state index contributed by atoms with van der Waals surface area (Å²) >= 11 is 1.84. The largest absolute Gasteiger partial charge is 0.309 e. The van der Waals surface area contributed by atoms with Crippen molar-refractivity contribution in [3.05, 3.63) is 140 Å².